The molecule has 5 amide bonds. The molecule has 1 fully saturated rings. The summed E-state index contributed by atoms with van der Waals surface area (Å²) in [6, 6.07) is -12.0. The van der Waals surface area contributed by atoms with Gasteiger partial charge in [-0.3, -0.25) is 120 Å². The van der Waals surface area contributed by atoms with Crippen molar-refractivity contribution in [2.75, 3.05) is 131 Å². The summed E-state index contributed by atoms with van der Waals surface area (Å²) in [5, 5.41) is 147. The van der Waals surface area contributed by atoms with Gasteiger partial charge in [-0.05, 0) is 0 Å². The third-order valence-corrected chi connectivity index (χ3v) is 13.8. The zero-order valence-corrected chi connectivity index (χ0v) is 49.9. The number of carboxylic acids is 15. The van der Waals surface area contributed by atoms with Crippen molar-refractivity contribution in [1.29, 1.82) is 0 Å². The molecule has 0 radical (unpaired) electrons. The number of hydrogen-bond donors (Lipinski definition) is 15. The Morgan fingerprint density at radius 1 is 0.200 bits per heavy atom. The molecule has 15 N–H and O–H groups in total. The molecule has 1 saturated heterocycles. The second-order valence-electron chi connectivity index (χ2n) is 20.7. The van der Waals surface area contributed by atoms with Crippen LogP contribution in [0.4, 0.5) is 0 Å². The van der Waals surface area contributed by atoms with E-state index in [0.29, 0.717) is 24.5 Å². The average molecular weight is 1370 g/mol. The average Bonchev–Trinajstić information content (AvgIpc) is 1.39. The van der Waals surface area contributed by atoms with Crippen LogP contribution >= 0.6 is 0 Å². The van der Waals surface area contributed by atoms with Gasteiger partial charge in [-0.2, -0.15) is 0 Å². The van der Waals surface area contributed by atoms with Crippen LogP contribution in [-0.2, 0) is 95.9 Å². The maximum atomic E-state index is 14.6. The molecule has 0 saturated carbocycles. The summed E-state index contributed by atoms with van der Waals surface area (Å²) in [6.07, 6.45) is -7.15. The van der Waals surface area contributed by atoms with Crippen molar-refractivity contribution < 1.29 is 172 Å². The molecule has 1 aliphatic heterocycles. The topological polar surface area (TPSA) is 677 Å². The fraction of sp³-hybridized carbons (Fsp3) is 0.600. The van der Waals surface area contributed by atoms with E-state index in [-0.39, 0.29) is 24.5 Å². The highest BCUT2D eigenvalue weighted by Crippen LogP contribution is 2.18. The Kier molecular flexibility index (Phi) is 34.2. The summed E-state index contributed by atoms with van der Waals surface area (Å²) < 4.78 is 0. The molecular formula is C50H70N10O35. The van der Waals surface area contributed by atoms with Gasteiger partial charge in [-0.25, -0.2) is 0 Å². The summed E-state index contributed by atoms with van der Waals surface area (Å²) in [7, 11) is 0. The van der Waals surface area contributed by atoms with Crippen LogP contribution < -0.4 is 0 Å². The number of rotatable bonds is 40. The van der Waals surface area contributed by atoms with Gasteiger partial charge in [-0.15, -0.1) is 0 Å². The Morgan fingerprint density at radius 3 is 0.368 bits per heavy atom. The Morgan fingerprint density at radius 2 is 0.295 bits per heavy atom. The molecule has 0 bridgehead atoms. The van der Waals surface area contributed by atoms with Crippen molar-refractivity contribution in [1.82, 2.24) is 49.0 Å². The van der Waals surface area contributed by atoms with Gasteiger partial charge in [0.25, 0.3) is 0 Å². The smallest absolute Gasteiger partial charge is 0.321 e. The van der Waals surface area contributed by atoms with Crippen molar-refractivity contribution in [3.8, 4) is 0 Å². The van der Waals surface area contributed by atoms with Gasteiger partial charge in [-0.1, -0.05) is 0 Å². The van der Waals surface area contributed by atoms with E-state index in [9.17, 15) is 172 Å². The van der Waals surface area contributed by atoms with Gasteiger partial charge in [0.05, 0.1) is 97.6 Å². The molecule has 45 nitrogen and oxygen atoms in total. The van der Waals surface area contributed by atoms with Gasteiger partial charge >= 0.3 is 89.5 Å². The van der Waals surface area contributed by atoms with Crippen LogP contribution in [-0.4, -0.2) is 406 Å². The quantitative estimate of drug-likeness (QED) is 0.0271. The Hall–Kier alpha value is -10.8. The standard InChI is InChI=1S/C50H70N10O35/c61-31(11-26(46(86)87)56(16-36(66)67)17-37(68)69)51-1-2-52(32(62)12-27(47(88)89)57(18-38(70)71)19-39(72)73)5-6-54(34(64)14-29(49(92)93)59(22-42(78)79)23-43(80)81)9-10-55(35(65)15-30(50(94)95)60(24-44(82)83)25-45(84)85)8-7-53(4-3-51)33(63)13-28(48(90)91)58(20-40(74)75)21-41(76)77/h26-30H,1-25H2,(H,66,67)(H,68,69)(H,70,71)(H,72,73)(H,74,75)(H,76,77)(H,78,79)(H,80,81)(H,82,83)(H,84,85)(H,86,87)(H,88,89)(H,90,91)(H,92,93)(H,94,95). The maximum Gasteiger partial charge on any atom is 0.321 e. The van der Waals surface area contributed by atoms with E-state index in [1.54, 1.807) is 0 Å². The van der Waals surface area contributed by atoms with Gasteiger partial charge in [0.1, 0.15) is 30.2 Å². The first-order valence-electron chi connectivity index (χ1n) is 27.5. The number of aliphatic carboxylic acids is 15. The lowest BCUT2D eigenvalue weighted by Gasteiger charge is -2.34. The summed E-state index contributed by atoms with van der Waals surface area (Å²) in [5.74, 6) is -36.0. The predicted octanol–water partition coefficient (Wildman–Crippen LogP) is -9.28. The first-order chi connectivity index (χ1) is 44.0. The minimum atomic E-state index is -2.40. The largest absolute Gasteiger partial charge is 0.480 e. The van der Waals surface area contributed by atoms with Crippen molar-refractivity contribution in [3.05, 3.63) is 0 Å². The number of amides is 5. The van der Waals surface area contributed by atoms with Gasteiger partial charge < -0.3 is 101 Å². The van der Waals surface area contributed by atoms with Crippen molar-refractivity contribution in [2.45, 2.75) is 62.3 Å². The number of nitrogens with zero attached hydrogens (tertiary/aromatic N) is 10. The maximum absolute atomic E-state index is 14.6. The molecule has 1 heterocycles. The summed E-state index contributed by atoms with van der Waals surface area (Å²) in [6.45, 7) is -24.0. The summed E-state index contributed by atoms with van der Waals surface area (Å²) >= 11 is 0. The third-order valence-electron chi connectivity index (χ3n) is 13.8. The molecule has 1 aliphatic rings. The number of hydrogen-bond acceptors (Lipinski definition) is 25. The molecule has 0 aromatic carbocycles. The lowest BCUT2D eigenvalue weighted by molar-refractivity contribution is -0.155. The first-order valence-corrected chi connectivity index (χ1v) is 27.5. The van der Waals surface area contributed by atoms with Crippen LogP contribution in [0.25, 0.3) is 0 Å². The number of carbonyl (C=O) groups excluding carboxylic acids is 5. The highest BCUT2D eigenvalue weighted by atomic mass is 16.4. The normalized spacial score (nSPS) is 15.1. The molecule has 0 spiro atoms. The molecule has 5 atom stereocenters. The second kappa shape index (κ2) is 39.6. The van der Waals surface area contributed by atoms with Gasteiger partial charge in [0.2, 0.25) is 29.5 Å². The molecule has 5 unspecified atom stereocenters. The van der Waals surface area contributed by atoms with Crippen molar-refractivity contribution >= 4 is 119 Å². The van der Waals surface area contributed by atoms with E-state index in [2.05, 4.69) is 0 Å². The highest BCUT2D eigenvalue weighted by Gasteiger charge is 2.40. The first kappa shape index (κ1) is 82.2. The Bertz CT molecular complexity index is 2380. The minimum Gasteiger partial charge on any atom is -0.480 e. The molecule has 1 rings (SSSR count). The van der Waals surface area contributed by atoms with E-state index in [4.69, 9.17) is 0 Å². The van der Waals surface area contributed by atoms with E-state index in [0.717, 1.165) is 0 Å². The third kappa shape index (κ3) is 30.5. The molecular weight excluding hydrogens is 1300 g/mol. The van der Waals surface area contributed by atoms with Crippen molar-refractivity contribution in [3.63, 3.8) is 0 Å². The Labute approximate surface area is 532 Å². The van der Waals surface area contributed by atoms with Crippen LogP contribution in [0.1, 0.15) is 32.1 Å². The molecule has 95 heavy (non-hydrogen) atoms. The molecule has 0 aliphatic carbocycles. The zero-order valence-electron chi connectivity index (χ0n) is 49.9. The number of carboxylic acid groups (broad SMARTS) is 15. The van der Waals surface area contributed by atoms with Crippen LogP contribution in [0, 0.1) is 0 Å². The molecule has 45 heteroatoms. The van der Waals surface area contributed by atoms with E-state index >= 15 is 0 Å². The molecule has 530 valence electrons. The van der Waals surface area contributed by atoms with Crippen LogP contribution in [0.2, 0.25) is 0 Å². The summed E-state index contributed by atoms with van der Waals surface area (Å²) in [5.41, 5.74) is 0. The molecule has 0 aromatic heterocycles. The van der Waals surface area contributed by atoms with Gasteiger partial charge in [0, 0.05) is 65.4 Å². The second-order valence-corrected chi connectivity index (χ2v) is 20.7. The van der Waals surface area contributed by atoms with E-state index < -0.39 is 312 Å². The molecule has 0 aromatic rings. The van der Waals surface area contributed by atoms with E-state index in [1.807, 2.05) is 0 Å². The lowest BCUT2D eigenvalue weighted by atomic mass is 10.1. The fourth-order valence-electron chi connectivity index (χ4n) is 9.47. The zero-order chi connectivity index (χ0) is 72.9. The van der Waals surface area contributed by atoms with Crippen LogP contribution in [0.5, 0.6) is 0 Å². The fourth-order valence-corrected chi connectivity index (χ4v) is 9.47. The SMILES string of the molecule is O=C(O)CN(CC(=O)O)C(CC(=O)N1CCN(C(=O)CC(C(=O)O)N(CC(=O)O)CC(=O)O)CCN(C(=O)CC(C(=O)O)N(CC(=O)O)CC(=O)O)CCN(C(=O)CC(C(=O)O)N(CC(=O)O)CC(=O)O)CCN(C(=O)CC(C(=O)O)N(CC(=O)O)CC(=O)O)CC1)C(=O)O. The summed E-state index contributed by atoms with van der Waals surface area (Å²) in [4.78, 5) is 260. The van der Waals surface area contributed by atoms with Crippen LogP contribution in [0.3, 0.4) is 0 Å². The van der Waals surface area contributed by atoms with Crippen LogP contribution in [0.15, 0.2) is 0 Å². The lowest BCUT2D eigenvalue weighted by Crippen LogP contribution is -2.53. The minimum absolute atomic E-state index is 0.272. The predicted molar refractivity (Wildman–Crippen MR) is 297 cm³/mol. The van der Waals surface area contributed by atoms with Gasteiger partial charge in [0.15, 0.2) is 0 Å². The van der Waals surface area contributed by atoms with Crippen molar-refractivity contribution in [2.24, 2.45) is 0 Å². The highest BCUT2D eigenvalue weighted by molar-refractivity contribution is 5.90. The monoisotopic (exact) mass is 1370 g/mol. The number of carbonyl (C=O) groups is 20. The van der Waals surface area contributed by atoms with E-state index in [1.165, 1.54) is 0 Å². The Balaban J connectivity index is 4.79.